The van der Waals surface area contributed by atoms with Crippen LogP contribution in [-0.4, -0.2) is 38.4 Å². The van der Waals surface area contributed by atoms with Gasteiger partial charge in [-0.3, -0.25) is 5.10 Å². The van der Waals surface area contributed by atoms with Crippen LogP contribution in [0.1, 0.15) is 21.6 Å². The molecule has 3 aromatic rings. The number of rotatable bonds is 7. The van der Waals surface area contributed by atoms with E-state index in [1.54, 1.807) is 0 Å². The molecule has 3 N–H and O–H groups in total. The molecule has 0 aliphatic rings. The number of aromatic nitrogens is 4. The van der Waals surface area contributed by atoms with Gasteiger partial charge in [0.1, 0.15) is 18.1 Å². The molecule has 2 heterocycles. The number of anilines is 2. The molecule has 1 aromatic carbocycles. The topological polar surface area (TPSA) is 122 Å². The van der Waals surface area contributed by atoms with Crippen molar-refractivity contribution in [3.63, 3.8) is 0 Å². The maximum atomic E-state index is 14.2. The Kier molecular flexibility index (Phi) is 5.34. The number of aromatic carboxylic acids is 1. The Hall–Kier alpha value is -3.76. The molecule has 146 valence electrons. The van der Waals surface area contributed by atoms with Crippen molar-refractivity contribution in [1.82, 2.24) is 20.2 Å². The lowest BCUT2D eigenvalue weighted by atomic mass is 10.1. The highest BCUT2D eigenvalue weighted by molar-refractivity contribution is 5.86. The Morgan fingerprint density at radius 3 is 2.57 bits per heavy atom. The minimum Gasteiger partial charge on any atom is -0.494 e. The van der Waals surface area contributed by atoms with Gasteiger partial charge in [0, 0.05) is 6.07 Å². The number of benzene rings is 1. The van der Waals surface area contributed by atoms with Crippen LogP contribution in [0.3, 0.4) is 0 Å². The van der Waals surface area contributed by atoms with Gasteiger partial charge in [0.25, 0.3) is 0 Å². The lowest BCUT2D eigenvalue weighted by molar-refractivity contribution is 0.0690. The molecule has 11 heteroatoms. The van der Waals surface area contributed by atoms with Crippen molar-refractivity contribution in [3.05, 3.63) is 53.0 Å². The normalized spacial score (nSPS) is 10.6. The van der Waals surface area contributed by atoms with Crippen molar-refractivity contribution in [2.24, 2.45) is 0 Å². The first-order valence-corrected chi connectivity index (χ1v) is 7.91. The van der Waals surface area contributed by atoms with E-state index in [2.05, 4.69) is 25.5 Å². The van der Waals surface area contributed by atoms with Crippen LogP contribution in [0, 0.1) is 18.6 Å². The van der Waals surface area contributed by atoms with Crippen molar-refractivity contribution in [1.29, 1.82) is 0 Å². The Balaban J connectivity index is 1.68. The van der Waals surface area contributed by atoms with Crippen molar-refractivity contribution < 1.29 is 28.2 Å². The third-order valence-corrected chi connectivity index (χ3v) is 3.72. The first-order valence-electron chi connectivity index (χ1n) is 7.91. The maximum absolute atomic E-state index is 14.2. The molecule has 0 fully saturated rings. The first-order chi connectivity index (χ1) is 13.4. The highest BCUT2D eigenvalue weighted by Crippen LogP contribution is 2.27. The summed E-state index contributed by atoms with van der Waals surface area (Å²) in [4.78, 5) is 18.8. The van der Waals surface area contributed by atoms with Gasteiger partial charge in [-0.2, -0.15) is 5.10 Å². The molecule has 2 aromatic heterocycles. The van der Waals surface area contributed by atoms with Crippen LogP contribution >= 0.6 is 0 Å². The molecule has 28 heavy (non-hydrogen) atoms. The average molecular weight is 391 g/mol. The summed E-state index contributed by atoms with van der Waals surface area (Å²) in [5, 5.41) is 17.6. The predicted molar refractivity (Wildman–Crippen MR) is 92.8 cm³/mol. The van der Waals surface area contributed by atoms with Gasteiger partial charge in [0.05, 0.1) is 25.1 Å². The zero-order valence-electron chi connectivity index (χ0n) is 14.8. The number of hydrogen-bond acceptors (Lipinski definition) is 7. The van der Waals surface area contributed by atoms with Crippen molar-refractivity contribution in [2.75, 3.05) is 12.4 Å². The largest absolute Gasteiger partial charge is 0.494 e. The molecule has 0 radical (unpaired) electrons. The standard InChI is InChI=1S/C17H15F2N5O4/c1-8-3-12(27-2)15(19)10(14(8)18)7-28-9-5-20-17(21-6-9)22-13-4-11(16(25)26)23-24-13/h3-6H,7H2,1-2H3,(H,25,26)(H2,20,21,22,23,24). The number of ether oxygens (including phenoxy) is 2. The summed E-state index contributed by atoms with van der Waals surface area (Å²) in [6, 6.07) is 2.54. The SMILES string of the molecule is COc1cc(C)c(F)c(COc2cnc(Nc3cc(C(=O)O)[nH]n3)nc2)c1F. The fourth-order valence-corrected chi connectivity index (χ4v) is 2.30. The minimum atomic E-state index is -1.16. The van der Waals surface area contributed by atoms with Crippen LogP contribution < -0.4 is 14.8 Å². The number of H-pyrrole nitrogens is 1. The Bertz CT molecular complexity index is 1010. The number of carboxylic acid groups (broad SMARTS) is 1. The summed E-state index contributed by atoms with van der Waals surface area (Å²) >= 11 is 0. The van der Waals surface area contributed by atoms with Crippen LogP contribution in [0.4, 0.5) is 20.5 Å². The molecule has 0 aliphatic heterocycles. The molecule has 0 saturated carbocycles. The summed E-state index contributed by atoms with van der Waals surface area (Å²) < 4.78 is 38.7. The Morgan fingerprint density at radius 2 is 1.96 bits per heavy atom. The summed E-state index contributed by atoms with van der Waals surface area (Å²) in [7, 11) is 1.29. The summed E-state index contributed by atoms with van der Waals surface area (Å²) in [5.74, 6) is -2.26. The van der Waals surface area contributed by atoms with Crippen molar-refractivity contribution >= 4 is 17.7 Å². The van der Waals surface area contributed by atoms with E-state index in [9.17, 15) is 13.6 Å². The number of carboxylic acids is 1. The molecule has 0 amide bonds. The smallest absolute Gasteiger partial charge is 0.353 e. The second-order valence-electron chi connectivity index (χ2n) is 5.63. The van der Waals surface area contributed by atoms with E-state index >= 15 is 0 Å². The molecular weight excluding hydrogens is 376 g/mol. The maximum Gasteiger partial charge on any atom is 0.353 e. The monoisotopic (exact) mass is 391 g/mol. The third-order valence-electron chi connectivity index (χ3n) is 3.72. The van der Waals surface area contributed by atoms with Gasteiger partial charge in [0.2, 0.25) is 5.95 Å². The number of halogens is 2. The molecular formula is C17H15F2N5O4. The summed E-state index contributed by atoms with van der Waals surface area (Å²) in [6.07, 6.45) is 2.59. The summed E-state index contributed by atoms with van der Waals surface area (Å²) in [5.41, 5.74) is -0.135. The zero-order valence-corrected chi connectivity index (χ0v) is 14.8. The highest BCUT2D eigenvalue weighted by atomic mass is 19.1. The quantitative estimate of drug-likeness (QED) is 0.562. The lowest BCUT2D eigenvalue weighted by Crippen LogP contribution is -2.06. The van der Waals surface area contributed by atoms with Crippen LogP contribution in [-0.2, 0) is 6.61 Å². The summed E-state index contributed by atoms with van der Waals surface area (Å²) in [6.45, 7) is 1.11. The van der Waals surface area contributed by atoms with E-state index < -0.39 is 17.6 Å². The van der Waals surface area contributed by atoms with Gasteiger partial charge in [0.15, 0.2) is 23.1 Å². The van der Waals surface area contributed by atoms with Gasteiger partial charge in [-0.05, 0) is 18.6 Å². The predicted octanol–water partition coefficient (Wildman–Crippen LogP) is 2.82. The molecule has 0 unspecified atom stereocenters. The number of hydrogen-bond donors (Lipinski definition) is 3. The lowest BCUT2D eigenvalue weighted by Gasteiger charge is -2.12. The number of aryl methyl sites for hydroxylation is 1. The van der Waals surface area contributed by atoms with Crippen molar-refractivity contribution in [2.45, 2.75) is 13.5 Å². The van der Waals surface area contributed by atoms with Crippen LogP contribution in [0.15, 0.2) is 24.5 Å². The fraction of sp³-hybridized carbons (Fsp3) is 0.176. The molecule has 0 bridgehead atoms. The molecule has 3 rings (SSSR count). The van der Waals surface area contributed by atoms with E-state index in [0.717, 1.165) is 0 Å². The fourth-order valence-electron chi connectivity index (χ4n) is 2.30. The van der Waals surface area contributed by atoms with E-state index in [1.165, 1.54) is 38.6 Å². The minimum absolute atomic E-state index is 0.0759. The molecule has 0 saturated heterocycles. The number of methoxy groups -OCH3 is 1. The Morgan fingerprint density at radius 1 is 1.25 bits per heavy atom. The van der Waals surface area contributed by atoms with E-state index in [0.29, 0.717) is 0 Å². The molecule has 0 spiro atoms. The number of carbonyl (C=O) groups is 1. The number of nitrogens with one attached hydrogen (secondary N) is 2. The number of aromatic amines is 1. The second kappa shape index (κ2) is 7.86. The first kappa shape index (κ1) is 19.0. The van der Waals surface area contributed by atoms with E-state index in [-0.39, 0.29) is 46.7 Å². The van der Waals surface area contributed by atoms with Gasteiger partial charge in [-0.1, -0.05) is 0 Å². The molecule has 0 aliphatic carbocycles. The highest BCUT2D eigenvalue weighted by Gasteiger charge is 2.18. The molecule has 0 atom stereocenters. The van der Waals surface area contributed by atoms with Crippen molar-refractivity contribution in [3.8, 4) is 11.5 Å². The average Bonchev–Trinajstić information content (AvgIpc) is 3.15. The third kappa shape index (κ3) is 3.98. The van der Waals surface area contributed by atoms with Crippen LogP contribution in [0.25, 0.3) is 0 Å². The number of nitrogens with zero attached hydrogens (tertiary/aromatic N) is 3. The van der Waals surface area contributed by atoms with E-state index in [1.807, 2.05) is 0 Å². The second-order valence-corrected chi connectivity index (χ2v) is 5.63. The van der Waals surface area contributed by atoms with Gasteiger partial charge >= 0.3 is 5.97 Å². The van der Waals surface area contributed by atoms with Gasteiger partial charge in [-0.15, -0.1) is 0 Å². The van der Waals surface area contributed by atoms with Gasteiger partial charge in [-0.25, -0.2) is 23.5 Å². The Labute approximate surface area is 157 Å². The van der Waals surface area contributed by atoms with Crippen LogP contribution in [0.2, 0.25) is 0 Å². The van der Waals surface area contributed by atoms with E-state index in [4.69, 9.17) is 14.6 Å². The zero-order chi connectivity index (χ0) is 20.3. The van der Waals surface area contributed by atoms with Gasteiger partial charge < -0.3 is 19.9 Å². The van der Waals surface area contributed by atoms with Crippen LogP contribution in [0.5, 0.6) is 11.5 Å². The molecule has 9 nitrogen and oxygen atoms in total.